The van der Waals surface area contributed by atoms with Crippen LogP contribution in [0.1, 0.15) is 24.0 Å². The molecule has 128 valence electrons. The zero-order valence-electron chi connectivity index (χ0n) is 14.4. The Labute approximate surface area is 144 Å². The monoisotopic (exact) mass is 326 g/mol. The number of benzene rings is 1. The molecule has 0 unspecified atom stereocenters. The Bertz CT molecular complexity index is 624. The fraction of sp³-hybridized carbons (Fsp3) is 0.400. The molecule has 1 aromatic rings. The van der Waals surface area contributed by atoms with Gasteiger partial charge in [0.15, 0.2) is 0 Å². The van der Waals surface area contributed by atoms with Gasteiger partial charge in [0.2, 0.25) is 11.8 Å². The van der Waals surface area contributed by atoms with E-state index >= 15 is 0 Å². The Hall–Kier alpha value is -2.36. The molecular weight excluding hydrogens is 300 g/mol. The van der Waals surface area contributed by atoms with E-state index in [0.29, 0.717) is 39.0 Å². The number of rotatable bonds is 7. The Balaban J connectivity index is 2.11. The fourth-order valence-corrected chi connectivity index (χ4v) is 3.09. The molecule has 0 radical (unpaired) electrons. The first-order chi connectivity index (χ1) is 11.6. The van der Waals surface area contributed by atoms with E-state index in [0.717, 1.165) is 5.56 Å². The van der Waals surface area contributed by atoms with Crippen molar-refractivity contribution in [2.45, 2.75) is 26.3 Å². The molecule has 0 saturated carbocycles. The second-order valence-electron chi connectivity index (χ2n) is 6.26. The molecule has 0 aliphatic carbocycles. The van der Waals surface area contributed by atoms with Crippen LogP contribution in [0.4, 0.5) is 0 Å². The molecule has 2 rings (SSSR count). The van der Waals surface area contributed by atoms with Crippen LogP contribution in [0.5, 0.6) is 0 Å². The molecule has 0 N–H and O–H groups in total. The van der Waals surface area contributed by atoms with E-state index in [4.69, 9.17) is 0 Å². The van der Waals surface area contributed by atoms with Crippen LogP contribution in [0.3, 0.4) is 0 Å². The third-order valence-corrected chi connectivity index (χ3v) is 4.48. The number of carbonyl (C=O) groups excluding carboxylic acids is 2. The van der Waals surface area contributed by atoms with Gasteiger partial charge in [0.1, 0.15) is 0 Å². The van der Waals surface area contributed by atoms with Crippen molar-refractivity contribution in [3.8, 4) is 0 Å². The summed E-state index contributed by atoms with van der Waals surface area (Å²) in [7, 11) is 0. The molecule has 1 fully saturated rings. The van der Waals surface area contributed by atoms with Crippen molar-refractivity contribution in [1.29, 1.82) is 0 Å². The maximum absolute atomic E-state index is 13.0. The highest BCUT2D eigenvalue weighted by molar-refractivity contribution is 5.84. The smallest absolute Gasteiger partial charge is 0.228 e. The molecule has 1 saturated heterocycles. The summed E-state index contributed by atoms with van der Waals surface area (Å²) >= 11 is 0. The topological polar surface area (TPSA) is 40.6 Å². The van der Waals surface area contributed by atoms with E-state index in [-0.39, 0.29) is 17.7 Å². The van der Waals surface area contributed by atoms with Gasteiger partial charge in [0, 0.05) is 32.6 Å². The van der Waals surface area contributed by atoms with Crippen LogP contribution in [-0.2, 0) is 16.1 Å². The van der Waals surface area contributed by atoms with Gasteiger partial charge in [-0.05, 0) is 24.5 Å². The van der Waals surface area contributed by atoms with Gasteiger partial charge in [-0.25, -0.2) is 0 Å². The highest BCUT2D eigenvalue weighted by atomic mass is 16.2. The zero-order valence-corrected chi connectivity index (χ0v) is 14.4. The summed E-state index contributed by atoms with van der Waals surface area (Å²) in [4.78, 5) is 28.5. The van der Waals surface area contributed by atoms with Crippen LogP contribution in [0, 0.1) is 12.8 Å². The Morgan fingerprint density at radius 2 is 2.08 bits per heavy atom. The standard InChI is InChI=1S/C20H26N2O2/c1-4-12-21-15-18(10-11-19(21)23)20(24)22(13-5-2)14-17-9-7-6-8-16(17)3/h4-9,18H,1-2,10-15H2,3H3/t18-/m1/s1. The lowest BCUT2D eigenvalue weighted by Gasteiger charge is -2.34. The summed E-state index contributed by atoms with van der Waals surface area (Å²) < 4.78 is 0. The number of nitrogens with zero attached hydrogens (tertiary/aromatic N) is 2. The number of piperidine rings is 1. The first kappa shape index (κ1) is 18.0. The second kappa shape index (κ2) is 8.48. The molecule has 1 aromatic carbocycles. The van der Waals surface area contributed by atoms with Crippen molar-refractivity contribution >= 4 is 11.8 Å². The Morgan fingerprint density at radius 1 is 1.33 bits per heavy atom. The van der Waals surface area contributed by atoms with Crippen molar-refractivity contribution < 1.29 is 9.59 Å². The van der Waals surface area contributed by atoms with E-state index < -0.39 is 0 Å². The Morgan fingerprint density at radius 3 is 2.75 bits per heavy atom. The van der Waals surface area contributed by atoms with Crippen LogP contribution in [0.15, 0.2) is 49.6 Å². The minimum Gasteiger partial charge on any atom is -0.338 e. The van der Waals surface area contributed by atoms with E-state index in [1.54, 1.807) is 17.1 Å². The molecular formula is C20H26N2O2. The third-order valence-electron chi connectivity index (χ3n) is 4.48. The Kier molecular flexibility index (Phi) is 6.36. The van der Waals surface area contributed by atoms with Gasteiger partial charge in [-0.1, -0.05) is 36.4 Å². The highest BCUT2D eigenvalue weighted by Crippen LogP contribution is 2.21. The lowest BCUT2D eigenvalue weighted by Crippen LogP contribution is -2.47. The summed E-state index contributed by atoms with van der Waals surface area (Å²) in [6.07, 6.45) is 4.51. The predicted molar refractivity (Wildman–Crippen MR) is 96.3 cm³/mol. The molecule has 4 heteroatoms. The van der Waals surface area contributed by atoms with E-state index in [1.807, 2.05) is 23.1 Å². The van der Waals surface area contributed by atoms with Crippen molar-refractivity contribution in [3.63, 3.8) is 0 Å². The van der Waals surface area contributed by atoms with Crippen molar-refractivity contribution in [3.05, 3.63) is 60.7 Å². The second-order valence-corrected chi connectivity index (χ2v) is 6.26. The lowest BCUT2D eigenvalue weighted by molar-refractivity contribution is -0.142. The van der Waals surface area contributed by atoms with Gasteiger partial charge in [0.05, 0.1) is 5.92 Å². The summed E-state index contributed by atoms with van der Waals surface area (Å²) in [5, 5.41) is 0. The average molecular weight is 326 g/mol. The van der Waals surface area contributed by atoms with Crippen LogP contribution < -0.4 is 0 Å². The van der Waals surface area contributed by atoms with Crippen molar-refractivity contribution in [1.82, 2.24) is 9.80 Å². The fourth-order valence-electron chi connectivity index (χ4n) is 3.09. The van der Waals surface area contributed by atoms with E-state index in [1.165, 1.54) is 5.56 Å². The van der Waals surface area contributed by atoms with Gasteiger partial charge < -0.3 is 9.80 Å². The minimum atomic E-state index is -0.147. The van der Waals surface area contributed by atoms with E-state index in [2.05, 4.69) is 26.1 Å². The number of hydrogen-bond acceptors (Lipinski definition) is 2. The van der Waals surface area contributed by atoms with Crippen LogP contribution >= 0.6 is 0 Å². The molecule has 4 nitrogen and oxygen atoms in total. The largest absolute Gasteiger partial charge is 0.338 e. The zero-order chi connectivity index (χ0) is 17.5. The molecule has 1 aliphatic rings. The molecule has 2 amide bonds. The predicted octanol–water partition coefficient (Wildman–Crippen LogP) is 2.93. The summed E-state index contributed by atoms with van der Waals surface area (Å²) in [6, 6.07) is 8.09. The number of hydrogen-bond donors (Lipinski definition) is 0. The van der Waals surface area contributed by atoms with Gasteiger partial charge in [-0.2, -0.15) is 0 Å². The number of carbonyl (C=O) groups is 2. The van der Waals surface area contributed by atoms with Crippen molar-refractivity contribution in [2.75, 3.05) is 19.6 Å². The maximum atomic E-state index is 13.0. The molecule has 0 spiro atoms. The maximum Gasteiger partial charge on any atom is 0.228 e. The number of likely N-dealkylation sites (tertiary alicyclic amines) is 1. The van der Waals surface area contributed by atoms with Gasteiger partial charge in [-0.15, -0.1) is 13.2 Å². The molecule has 1 heterocycles. The molecule has 1 aliphatic heterocycles. The van der Waals surface area contributed by atoms with E-state index in [9.17, 15) is 9.59 Å². The lowest BCUT2D eigenvalue weighted by atomic mass is 9.95. The minimum absolute atomic E-state index is 0.0970. The van der Waals surface area contributed by atoms with Crippen LogP contribution in [-0.4, -0.2) is 41.2 Å². The SMILES string of the molecule is C=CCN1C[C@H](C(=O)N(CC=C)Cc2ccccc2C)CCC1=O. The molecule has 1 atom stereocenters. The van der Waals surface area contributed by atoms with Gasteiger partial charge >= 0.3 is 0 Å². The van der Waals surface area contributed by atoms with Gasteiger partial charge in [-0.3, -0.25) is 9.59 Å². The molecule has 0 bridgehead atoms. The first-order valence-corrected chi connectivity index (χ1v) is 8.39. The summed E-state index contributed by atoms with van der Waals surface area (Å²) in [6.45, 7) is 11.6. The highest BCUT2D eigenvalue weighted by Gasteiger charge is 2.32. The van der Waals surface area contributed by atoms with Gasteiger partial charge in [0.25, 0.3) is 0 Å². The molecule has 24 heavy (non-hydrogen) atoms. The normalized spacial score (nSPS) is 17.5. The quantitative estimate of drug-likeness (QED) is 0.723. The third kappa shape index (κ3) is 4.34. The summed E-state index contributed by atoms with van der Waals surface area (Å²) in [5.74, 6) is 0.0551. The van der Waals surface area contributed by atoms with Crippen molar-refractivity contribution in [2.24, 2.45) is 5.92 Å². The van der Waals surface area contributed by atoms with Crippen LogP contribution in [0.25, 0.3) is 0 Å². The number of aryl methyl sites for hydroxylation is 1. The molecule has 0 aromatic heterocycles. The number of amides is 2. The first-order valence-electron chi connectivity index (χ1n) is 8.39. The van der Waals surface area contributed by atoms with Crippen LogP contribution in [0.2, 0.25) is 0 Å². The summed E-state index contributed by atoms with van der Waals surface area (Å²) in [5.41, 5.74) is 2.31. The average Bonchev–Trinajstić information content (AvgIpc) is 2.58.